The summed E-state index contributed by atoms with van der Waals surface area (Å²) in [5, 5.41) is 3.47. The molecule has 0 aliphatic carbocycles. The predicted molar refractivity (Wildman–Crippen MR) is 77.3 cm³/mol. The SMILES string of the molecule is COCCNCC1CCCOC1c1cccc(C)c1. The van der Waals surface area contributed by atoms with Gasteiger partial charge in [0, 0.05) is 32.7 Å². The van der Waals surface area contributed by atoms with Gasteiger partial charge in [0.05, 0.1) is 12.7 Å². The molecular weight excluding hydrogens is 238 g/mol. The van der Waals surface area contributed by atoms with Crippen molar-refractivity contribution in [2.24, 2.45) is 5.92 Å². The molecule has 1 heterocycles. The highest BCUT2D eigenvalue weighted by atomic mass is 16.5. The monoisotopic (exact) mass is 263 g/mol. The highest BCUT2D eigenvalue weighted by Gasteiger charge is 2.26. The molecule has 0 aromatic heterocycles. The lowest BCUT2D eigenvalue weighted by Crippen LogP contribution is -2.33. The Kier molecular flexibility index (Phi) is 5.83. The minimum atomic E-state index is 0.240. The Hall–Kier alpha value is -0.900. The summed E-state index contributed by atoms with van der Waals surface area (Å²) >= 11 is 0. The first kappa shape index (κ1) is 14.5. The molecule has 0 bridgehead atoms. The largest absolute Gasteiger partial charge is 0.383 e. The van der Waals surface area contributed by atoms with Gasteiger partial charge in [-0.25, -0.2) is 0 Å². The zero-order chi connectivity index (χ0) is 13.5. The van der Waals surface area contributed by atoms with Crippen LogP contribution < -0.4 is 5.32 Å². The van der Waals surface area contributed by atoms with Crippen molar-refractivity contribution in [1.29, 1.82) is 0 Å². The molecule has 1 aromatic rings. The van der Waals surface area contributed by atoms with Crippen molar-refractivity contribution in [2.45, 2.75) is 25.9 Å². The average Bonchev–Trinajstić information content (AvgIpc) is 2.44. The molecule has 1 fully saturated rings. The molecule has 1 aromatic carbocycles. The van der Waals surface area contributed by atoms with Crippen LogP contribution in [0, 0.1) is 12.8 Å². The molecule has 1 aliphatic heterocycles. The van der Waals surface area contributed by atoms with Crippen LogP contribution in [0.3, 0.4) is 0 Å². The molecule has 3 heteroatoms. The number of methoxy groups -OCH3 is 1. The summed E-state index contributed by atoms with van der Waals surface area (Å²) in [6.45, 7) is 5.70. The highest BCUT2D eigenvalue weighted by Crippen LogP contribution is 2.33. The maximum absolute atomic E-state index is 6.02. The van der Waals surface area contributed by atoms with Crippen molar-refractivity contribution in [3.05, 3.63) is 35.4 Å². The summed E-state index contributed by atoms with van der Waals surface area (Å²) in [6, 6.07) is 8.69. The highest BCUT2D eigenvalue weighted by molar-refractivity contribution is 5.25. The topological polar surface area (TPSA) is 30.5 Å². The third-order valence-corrected chi connectivity index (χ3v) is 3.70. The summed E-state index contributed by atoms with van der Waals surface area (Å²) in [7, 11) is 1.74. The molecule has 1 aliphatic rings. The van der Waals surface area contributed by atoms with E-state index in [2.05, 4.69) is 36.5 Å². The molecule has 2 rings (SSSR count). The standard InChI is InChI=1S/C16H25NO2/c1-13-5-3-6-14(11-13)16-15(7-4-9-19-16)12-17-8-10-18-2/h3,5-6,11,15-17H,4,7-10,12H2,1-2H3. The summed E-state index contributed by atoms with van der Waals surface area (Å²) in [6.07, 6.45) is 2.64. The van der Waals surface area contributed by atoms with E-state index < -0.39 is 0 Å². The normalized spacial score (nSPS) is 23.5. The molecule has 0 spiro atoms. The van der Waals surface area contributed by atoms with Crippen molar-refractivity contribution < 1.29 is 9.47 Å². The Morgan fingerprint density at radius 2 is 2.32 bits per heavy atom. The van der Waals surface area contributed by atoms with Gasteiger partial charge in [0.1, 0.15) is 0 Å². The number of rotatable bonds is 6. The van der Waals surface area contributed by atoms with Gasteiger partial charge in [-0.1, -0.05) is 29.8 Å². The predicted octanol–water partition coefficient (Wildman–Crippen LogP) is 2.70. The fourth-order valence-electron chi connectivity index (χ4n) is 2.73. The molecule has 0 saturated carbocycles. The fourth-order valence-corrected chi connectivity index (χ4v) is 2.73. The molecule has 2 unspecified atom stereocenters. The van der Waals surface area contributed by atoms with Crippen LogP contribution in [0.1, 0.15) is 30.1 Å². The van der Waals surface area contributed by atoms with E-state index >= 15 is 0 Å². The Balaban J connectivity index is 1.95. The van der Waals surface area contributed by atoms with Crippen molar-refractivity contribution in [1.82, 2.24) is 5.32 Å². The van der Waals surface area contributed by atoms with E-state index in [1.165, 1.54) is 24.0 Å². The second-order valence-corrected chi connectivity index (χ2v) is 5.30. The average molecular weight is 263 g/mol. The van der Waals surface area contributed by atoms with Crippen LogP contribution in [0.2, 0.25) is 0 Å². The lowest BCUT2D eigenvalue weighted by molar-refractivity contribution is -0.0280. The van der Waals surface area contributed by atoms with Crippen LogP contribution in [0.4, 0.5) is 0 Å². The Morgan fingerprint density at radius 3 is 3.11 bits per heavy atom. The zero-order valence-electron chi connectivity index (χ0n) is 12.0. The number of hydrogen-bond acceptors (Lipinski definition) is 3. The van der Waals surface area contributed by atoms with E-state index in [4.69, 9.17) is 9.47 Å². The van der Waals surface area contributed by atoms with E-state index in [-0.39, 0.29) is 6.10 Å². The van der Waals surface area contributed by atoms with E-state index in [1.807, 2.05) is 0 Å². The zero-order valence-corrected chi connectivity index (χ0v) is 12.0. The van der Waals surface area contributed by atoms with Crippen molar-refractivity contribution in [3.8, 4) is 0 Å². The van der Waals surface area contributed by atoms with E-state index in [0.29, 0.717) is 5.92 Å². The number of benzene rings is 1. The first-order chi connectivity index (χ1) is 9.31. The van der Waals surface area contributed by atoms with Crippen LogP contribution in [0.25, 0.3) is 0 Å². The first-order valence-electron chi connectivity index (χ1n) is 7.19. The molecular formula is C16H25NO2. The van der Waals surface area contributed by atoms with E-state index in [0.717, 1.165) is 26.3 Å². The number of hydrogen-bond donors (Lipinski definition) is 1. The van der Waals surface area contributed by atoms with E-state index in [1.54, 1.807) is 7.11 Å². The third-order valence-electron chi connectivity index (χ3n) is 3.70. The van der Waals surface area contributed by atoms with Crippen molar-refractivity contribution in [3.63, 3.8) is 0 Å². The van der Waals surface area contributed by atoms with Crippen molar-refractivity contribution in [2.75, 3.05) is 33.4 Å². The molecule has 106 valence electrons. The van der Waals surface area contributed by atoms with Crippen LogP contribution >= 0.6 is 0 Å². The third kappa shape index (κ3) is 4.30. The fraction of sp³-hybridized carbons (Fsp3) is 0.625. The lowest BCUT2D eigenvalue weighted by Gasteiger charge is -2.32. The Labute approximate surface area is 116 Å². The maximum atomic E-state index is 6.02. The van der Waals surface area contributed by atoms with Crippen LogP contribution in [-0.2, 0) is 9.47 Å². The maximum Gasteiger partial charge on any atom is 0.0865 e. The van der Waals surface area contributed by atoms with Gasteiger partial charge in [0.15, 0.2) is 0 Å². The van der Waals surface area contributed by atoms with Gasteiger partial charge in [0.25, 0.3) is 0 Å². The lowest BCUT2D eigenvalue weighted by atomic mass is 9.89. The van der Waals surface area contributed by atoms with Crippen molar-refractivity contribution >= 4 is 0 Å². The Morgan fingerprint density at radius 1 is 1.42 bits per heavy atom. The van der Waals surface area contributed by atoms with Gasteiger partial charge in [-0.2, -0.15) is 0 Å². The summed E-state index contributed by atoms with van der Waals surface area (Å²) in [5.41, 5.74) is 2.62. The van der Waals surface area contributed by atoms with Gasteiger partial charge in [-0.15, -0.1) is 0 Å². The Bertz CT molecular complexity index is 381. The van der Waals surface area contributed by atoms with Crippen LogP contribution in [0.5, 0.6) is 0 Å². The quantitative estimate of drug-likeness (QED) is 0.801. The smallest absolute Gasteiger partial charge is 0.0865 e. The first-order valence-corrected chi connectivity index (χ1v) is 7.19. The minimum absolute atomic E-state index is 0.240. The van der Waals surface area contributed by atoms with Gasteiger partial charge < -0.3 is 14.8 Å². The number of aryl methyl sites for hydroxylation is 1. The second kappa shape index (κ2) is 7.63. The summed E-state index contributed by atoms with van der Waals surface area (Å²) in [5.74, 6) is 0.562. The number of ether oxygens (including phenoxy) is 2. The molecule has 0 radical (unpaired) electrons. The van der Waals surface area contributed by atoms with Crippen LogP contribution in [0.15, 0.2) is 24.3 Å². The molecule has 1 N–H and O–H groups in total. The molecule has 1 saturated heterocycles. The molecule has 19 heavy (non-hydrogen) atoms. The molecule has 2 atom stereocenters. The second-order valence-electron chi connectivity index (χ2n) is 5.30. The van der Waals surface area contributed by atoms with E-state index in [9.17, 15) is 0 Å². The molecule has 0 amide bonds. The summed E-state index contributed by atoms with van der Waals surface area (Å²) < 4.78 is 11.1. The summed E-state index contributed by atoms with van der Waals surface area (Å²) in [4.78, 5) is 0. The minimum Gasteiger partial charge on any atom is -0.383 e. The van der Waals surface area contributed by atoms with Crippen LogP contribution in [-0.4, -0.2) is 33.4 Å². The van der Waals surface area contributed by atoms with Gasteiger partial charge in [-0.3, -0.25) is 0 Å². The number of nitrogens with one attached hydrogen (secondary N) is 1. The molecule has 3 nitrogen and oxygen atoms in total. The van der Waals surface area contributed by atoms with Gasteiger partial charge >= 0.3 is 0 Å². The van der Waals surface area contributed by atoms with Gasteiger partial charge in [-0.05, 0) is 25.3 Å². The van der Waals surface area contributed by atoms with Gasteiger partial charge in [0.2, 0.25) is 0 Å².